The van der Waals surface area contributed by atoms with Crippen LogP contribution >= 0.6 is 0 Å². The van der Waals surface area contributed by atoms with Gasteiger partial charge in [0.25, 0.3) is 5.91 Å². The third-order valence-corrected chi connectivity index (χ3v) is 5.45. The standard InChI is InChI=1S/C22H25NO4/c24-21(15-27-18-6-2-1-3-7-18)23-16-22(10-4-5-11-22)17-8-9-19-20(14-17)26-13-12-25-19/h1-3,6-9,14H,4-5,10-13,15-16H2,(H,23,24). The van der Waals surface area contributed by atoms with E-state index >= 15 is 0 Å². The van der Waals surface area contributed by atoms with Crippen molar-refractivity contribution in [2.24, 2.45) is 0 Å². The van der Waals surface area contributed by atoms with Crippen molar-refractivity contribution in [3.05, 3.63) is 54.1 Å². The molecule has 0 aromatic heterocycles. The van der Waals surface area contributed by atoms with E-state index in [2.05, 4.69) is 17.4 Å². The summed E-state index contributed by atoms with van der Waals surface area (Å²) >= 11 is 0. The number of benzene rings is 2. The van der Waals surface area contributed by atoms with Crippen LogP contribution in [0.4, 0.5) is 0 Å². The van der Waals surface area contributed by atoms with Crippen LogP contribution in [0.15, 0.2) is 48.5 Å². The lowest BCUT2D eigenvalue weighted by Gasteiger charge is -2.31. The van der Waals surface area contributed by atoms with Gasteiger partial charge in [0.05, 0.1) is 0 Å². The average Bonchev–Trinajstić information content (AvgIpc) is 3.21. The Morgan fingerprint density at radius 1 is 1.00 bits per heavy atom. The minimum atomic E-state index is -0.0947. The van der Waals surface area contributed by atoms with E-state index in [0.29, 0.717) is 25.5 Å². The summed E-state index contributed by atoms with van der Waals surface area (Å²) in [5, 5.41) is 3.08. The third-order valence-electron chi connectivity index (χ3n) is 5.45. The fourth-order valence-corrected chi connectivity index (χ4v) is 3.98. The van der Waals surface area contributed by atoms with E-state index in [4.69, 9.17) is 14.2 Å². The number of nitrogens with one attached hydrogen (secondary N) is 1. The van der Waals surface area contributed by atoms with Gasteiger partial charge in [0.15, 0.2) is 18.1 Å². The monoisotopic (exact) mass is 367 g/mol. The Hall–Kier alpha value is -2.69. The Labute approximate surface area is 159 Å². The van der Waals surface area contributed by atoms with E-state index in [1.807, 2.05) is 36.4 Å². The van der Waals surface area contributed by atoms with Crippen LogP contribution in [0, 0.1) is 0 Å². The highest BCUT2D eigenvalue weighted by Crippen LogP contribution is 2.43. The molecule has 1 N–H and O–H groups in total. The highest BCUT2D eigenvalue weighted by Gasteiger charge is 2.36. The minimum absolute atomic E-state index is 0.0290. The fourth-order valence-electron chi connectivity index (χ4n) is 3.98. The number of ether oxygens (including phenoxy) is 3. The molecule has 1 heterocycles. The Kier molecular flexibility index (Phi) is 5.19. The number of hydrogen-bond donors (Lipinski definition) is 1. The van der Waals surface area contributed by atoms with Crippen molar-refractivity contribution in [1.82, 2.24) is 5.32 Å². The van der Waals surface area contributed by atoms with Crippen LogP contribution < -0.4 is 19.5 Å². The summed E-state index contributed by atoms with van der Waals surface area (Å²) < 4.78 is 16.9. The van der Waals surface area contributed by atoms with Gasteiger partial charge in [-0.05, 0) is 42.7 Å². The molecule has 0 unspecified atom stereocenters. The van der Waals surface area contributed by atoms with Gasteiger partial charge in [-0.25, -0.2) is 0 Å². The van der Waals surface area contributed by atoms with Gasteiger partial charge in [0.1, 0.15) is 19.0 Å². The highest BCUT2D eigenvalue weighted by molar-refractivity contribution is 5.77. The molecule has 0 saturated heterocycles. The first kappa shape index (κ1) is 17.7. The number of carbonyl (C=O) groups excluding carboxylic acids is 1. The van der Waals surface area contributed by atoms with Gasteiger partial charge in [-0.15, -0.1) is 0 Å². The van der Waals surface area contributed by atoms with E-state index in [1.54, 1.807) is 0 Å². The molecular weight excluding hydrogens is 342 g/mol. The fraction of sp³-hybridized carbons (Fsp3) is 0.409. The van der Waals surface area contributed by atoms with Crippen LogP contribution in [0.1, 0.15) is 31.2 Å². The van der Waals surface area contributed by atoms with Crippen molar-refractivity contribution >= 4 is 5.91 Å². The zero-order valence-electron chi connectivity index (χ0n) is 15.4. The molecule has 142 valence electrons. The number of rotatable bonds is 6. The number of carbonyl (C=O) groups is 1. The van der Waals surface area contributed by atoms with Crippen LogP contribution in [-0.4, -0.2) is 32.3 Å². The Bertz CT molecular complexity index is 784. The maximum absolute atomic E-state index is 12.3. The van der Waals surface area contributed by atoms with Gasteiger partial charge < -0.3 is 19.5 Å². The molecule has 1 aliphatic heterocycles. The zero-order chi connectivity index (χ0) is 18.5. The summed E-state index contributed by atoms with van der Waals surface area (Å²) in [6.45, 7) is 1.82. The van der Waals surface area contributed by atoms with Crippen molar-refractivity contribution < 1.29 is 19.0 Å². The molecule has 0 spiro atoms. The molecule has 5 nitrogen and oxygen atoms in total. The summed E-state index contributed by atoms with van der Waals surface area (Å²) in [4.78, 5) is 12.3. The predicted octanol–water partition coefficient (Wildman–Crippen LogP) is 3.46. The van der Waals surface area contributed by atoms with Crippen molar-refractivity contribution in [2.45, 2.75) is 31.1 Å². The molecule has 2 aromatic rings. The number of fused-ring (bicyclic) bond motifs is 1. The molecule has 0 bridgehead atoms. The molecule has 2 aliphatic rings. The number of hydrogen-bond acceptors (Lipinski definition) is 4. The molecule has 27 heavy (non-hydrogen) atoms. The first-order chi connectivity index (χ1) is 13.3. The van der Waals surface area contributed by atoms with Gasteiger partial charge in [0.2, 0.25) is 0 Å². The van der Waals surface area contributed by atoms with Crippen LogP contribution in [0.2, 0.25) is 0 Å². The molecule has 5 heteroatoms. The van der Waals surface area contributed by atoms with Crippen molar-refractivity contribution in [1.29, 1.82) is 0 Å². The molecule has 1 saturated carbocycles. The van der Waals surface area contributed by atoms with E-state index in [-0.39, 0.29) is 17.9 Å². The van der Waals surface area contributed by atoms with E-state index in [1.165, 1.54) is 18.4 Å². The summed E-state index contributed by atoms with van der Waals surface area (Å²) in [5.41, 5.74) is 1.17. The topological polar surface area (TPSA) is 56.8 Å². The molecule has 2 aromatic carbocycles. The maximum Gasteiger partial charge on any atom is 0.257 e. The largest absolute Gasteiger partial charge is 0.486 e. The summed E-state index contributed by atoms with van der Waals surface area (Å²) in [6.07, 6.45) is 4.47. The van der Waals surface area contributed by atoms with Gasteiger partial charge in [-0.1, -0.05) is 37.1 Å². The lowest BCUT2D eigenvalue weighted by atomic mass is 9.78. The van der Waals surface area contributed by atoms with Crippen LogP contribution in [-0.2, 0) is 10.2 Å². The van der Waals surface area contributed by atoms with E-state index < -0.39 is 0 Å². The van der Waals surface area contributed by atoms with Crippen LogP contribution in [0.5, 0.6) is 17.2 Å². The Morgan fingerprint density at radius 2 is 1.74 bits per heavy atom. The zero-order valence-corrected chi connectivity index (χ0v) is 15.4. The molecule has 1 amide bonds. The lowest BCUT2D eigenvalue weighted by molar-refractivity contribution is -0.123. The quantitative estimate of drug-likeness (QED) is 0.849. The Morgan fingerprint density at radius 3 is 2.52 bits per heavy atom. The second kappa shape index (κ2) is 7.91. The smallest absolute Gasteiger partial charge is 0.257 e. The lowest BCUT2D eigenvalue weighted by Crippen LogP contribution is -2.41. The van der Waals surface area contributed by atoms with Crippen LogP contribution in [0.3, 0.4) is 0 Å². The van der Waals surface area contributed by atoms with Crippen molar-refractivity contribution in [3.8, 4) is 17.2 Å². The second-order valence-corrected chi connectivity index (χ2v) is 7.22. The third kappa shape index (κ3) is 4.02. The van der Waals surface area contributed by atoms with Gasteiger partial charge >= 0.3 is 0 Å². The number of para-hydroxylation sites is 1. The Balaban J connectivity index is 1.41. The SMILES string of the molecule is O=C(COc1ccccc1)NCC1(c2ccc3c(c2)OCCO3)CCCC1. The predicted molar refractivity (Wildman–Crippen MR) is 103 cm³/mol. The van der Waals surface area contributed by atoms with Crippen molar-refractivity contribution in [2.75, 3.05) is 26.4 Å². The highest BCUT2D eigenvalue weighted by atomic mass is 16.6. The molecule has 0 radical (unpaired) electrons. The normalized spacial score (nSPS) is 17.3. The van der Waals surface area contributed by atoms with Crippen molar-refractivity contribution in [3.63, 3.8) is 0 Å². The second-order valence-electron chi connectivity index (χ2n) is 7.22. The van der Waals surface area contributed by atoms with E-state index in [9.17, 15) is 4.79 Å². The maximum atomic E-state index is 12.3. The summed E-state index contributed by atoms with van der Waals surface area (Å²) in [6, 6.07) is 15.6. The molecule has 1 fully saturated rings. The minimum Gasteiger partial charge on any atom is -0.486 e. The first-order valence-corrected chi connectivity index (χ1v) is 9.60. The molecular formula is C22H25NO4. The summed E-state index contributed by atoms with van der Waals surface area (Å²) in [5.74, 6) is 2.22. The molecule has 4 rings (SSSR count). The molecule has 0 atom stereocenters. The van der Waals surface area contributed by atoms with Gasteiger partial charge in [-0.2, -0.15) is 0 Å². The summed E-state index contributed by atoms with van der Waals surface area (Å²) in [7, 11) is 0. The number of amides is 1. The van der Waals surface area contributed by atoms with Gasteiger partial charge in [0, 0.05) is 12.0 Å². The van der Waals surface area contributed by atoms with Gasteiger partial charge in [-0.3, -0.25) is 4.79 Å². The first-order valence-electron chi connectivity index (χ1n) is 9.60. The van der Waals surface area contributed by atoms with Crippen LogP contribution in [0.25, 0.3) is 0 Å². The molecule has 1 aliphatic carbocycles. The van der Waals surface area contributed by atoms with E-state index in [0.717, 1.165) is 24.3 Å². The average molecular weight is 367 g/mol.